The predicted molar refractivity (Wildman–Crippen MR) is 82.3 cm³/mol. The van der Waals surface area contributed by atoms with Crippen molar-refractivity contribution in [2.24, 2.45) is 5.41 Å². The molecule has 1 heterocycles. The van der Waals surface area contributed by atoms with Gasteiger partial charge < -0.3 is 15.4 Å². The van der Waals surface area contributed by atoms with Gasteiger partial charge in [0.15, 0.2) is 0 Å². The molecule has 1 amide bonds. The highest BCUT2D eigenvalue weighted by Gasteiger charge is 2.31. The van der Waals surface area contributed by atoms with E-state index in [-0.39, 0.29) is 23.5 Å². The fourth-order valence-corrected chi connectivity index (χ4v) is 2.27. The molecule has 0 spiro atoms. The lowest BCUT2D eigenvalue weighted by molar-refractivity contribution is -0.116. The molecular formula is C16H24N2O2. The molecule has 20 heavy (non-hydrogen) atoms. The molecule has 1 aromatic carbocycles. The largest absolute Gasteiger partial charge is 0.489 e. The van der Waals surface area contributed by atoms with Crippen LogP contribution in [0.15, 0.2) is 18.2 Å². The Morgan fingerprint density at radius 3 is 2.60 bits per heavy atom. The molecule has 0 saturated carbocycles. The van der Waals surface area contributed by atoms with Crippen LogP contribution in [0, 0.1) is 5.41 Å². The van der Waals surface area contributed by atoms with Crippen LogP contribution in [0.4, 0.5) is 11.4 Å². The Morgan fingerprint density at radius 2 is 2.00 bits per heavy atom. The normalized spacial score (nSPS) is 18.9. The van der Waals surface area contributed by atoms with Crippen LogP contribution in [-0.2, 0) is 4.79 Å². The number of hydrogen-bond donors (Lipinski definition) is 2. The molecule has 0 aliphatic carbocycles. The lowest BCUT2D eigenvalue weighted by Gasteiger charge is -2.30. The minimum absolute atomic E-state index is 0.00780. The van der Waals surface area contributed by atoms with Crippen molar-refractivity contribution in [2.75, 3.05) is 10.6 Å². The number of carbonyl (C=O) groups excluding carboxylic acids is 1. The average Bonchev–Trinajstić information content (AvgIpc) is 2.47. The van der Waals surface area contributed by atoms with Gasteiger partial charge in [0.1, 0.15) is 11.4 Å². The quantitative estimate of drug-likeness (QED) is 0.867. The third-order valence-corrected chi connectivity index (χ3v) is 3.42. The van der Waals surface area contributed by atoms with Crippen LogP contribution in [0.2, 0.25) is 0 Å². The van der Waals surface area contributed by atoms with E-state index in [1.165, 1.54) is 0 Å². The van der Waals surface area contributed by atoms with Gasteiger partial charge in [0.25, 0.3) is 0 Å². The van der Waals surface area contributed by atoms with Crippen molar-refractivity contribution < 1.29 is 9.53 Å². The first kappa shape index (κ1) is 14.7. The number of fused-ring (bicyclic) bond motifs is 1. The maximum atomic E-state index is 12.1. The molecule has 4 nitrogen and oxygen atoms in total. The second-order valence-electron chi connectivity index (χ2n) is 6.66. The molecule has 1 aliphatic heterocycles. The summed E-state index contributed by atoms with van der Waals surface area (Å²) in [6.07, 6.45) is 0.527. The number of anilines is 2. The van der Waals surface area contributed by atoms with Gasteiger partial charge in [0, 0.05) is 12.5 Å². The molecule has 1 atom stereocenters. The van der Waals surface area contributed by atoms with Crippen LogP contribution >= 0.6 is 0 Å². The maximum Gasteiger partial charge on any atom is 0.226 e. The zero-order chi connectivity index (χ0) is 14.9. The van der Waals surface area contributed by atoms with E-state index in [9.17, 15) is 4.79 Å². The van der Waals surface area contributed by atoms with E-state index in [1.54, 1.807) is 0 Å². The summed E-state index contributed by atoms with van der Waals surface area (Å²) in [7, 11) is 0. The summed E-state index contributed by atoms with van der Waals surface area (Å²) in [5.74, 6) is 0.740. The number of ether oxygens (including phenoxy) is 1. The van der Waals surface area contributed by atoms with Crippen LogP contribution in [0.5, 0.6) is 5.75 Å². The van der Waals surface area contributed by atoms with E-state index in [0.717, 1.165) is 11.4 Å². The second-order valence-corrected chi connectivity index (χ2v) is 6.66. The van der Waals surface area contributed by atoms with Crippen molar-refractivity contribution in [2.45, 2.75) is 53.2 Å². The predicted octanol–water partition coefficient (Wildman–Crippen LogP) is 3.64. The number of rotatable bonds is 2. The highest BCUT2D eigenvalue weighted by molar-refractivity contribution is 5.98. The molecule has 0 bridgehead atoms. The van der Waals surface area contributed by atoms with Gasteiger partial charge in [-0.05, 0) is 31.4 Å². The van der Waals surface area contributed by atoms with Crippen molar-refractivity contribution in [1.29, 1.82) is 0 Å². The molecule has 1 aromatic rings. The third kappa shape index (κ3) is 3.24. The van der Waals surface area contributed by atoms with Crippen LogP contribution in [0.1, 0.15) is 41.0 Å². The van der Waals surface area contributed by atoms with Gasteiger partial charge in [0.2, 0.25) is 5.91 Å². The Morgan fingerprint density at radius 1 is 1.30 bits per heavy atom. The summed E-state index contributed by atoms with van der Waals surface area (Å²) < 4.78 is 5.78. The summed E-state index contributed by atoms with van der Waals surface area (Å²) >= 11 is 0. The topological polar surface area (TPSA) is 50.4 Å². The van der Waals surface area contributed by atoms with Gasteiger partial charge in [-0.25, -0.2) is 0 Å². The number of nitrogens with one attached hydrogen (secondary N) is 2. The van der Waals surface area contributed by atoms with Crippen LogP contribution < -0.4 is 15.4 Å². The van der Waals surface area contributed by atoms with Gasteiger partial charge in [-0.3, -0.25) is 4.79 Å². The van der Waals surface area contributed by atoms with E-state index >= 15 is 0 Å². The Labute approximate surface area is 120 Å². The number of amides is 1. The molecule has 2 N–H and O–H groups in total. The van der Waals surface area contributed by atoms with Gasteiger partial charge in [-0.15, -0.1) is 0 Å². The number of benzene rings is 1. The Bertz CT molecular complexity index is 504. The van der Waals surface area contributed by atoms with Crippen molar-refractivity contribution in [3.8, 4) is 5.75 Å². The molecule has 4 heteroatoms. The zero-order valence-electron chi connectivity index (χ0n) is 12.9. The number of hydrogen-bond acceptors (Lipinski definition) is 3. The van der Waals surface area contributed by atoms with Crippen LogP contribution in [-0.4, -0.2) is 18.1 Å². The van der Waals surface area contributed by atoms with E-state index in [2.05, 4.69) is 31.4 Å². The molecule has 110 valence electrons. The zero-order valence-corrected chi connectivity index (χ0v) is 12.9. The highest BCUT2D eigenvalue weighted by Crippen LogP contribution is 2.38. The second kappa shape index (κ2) is 5.35. The van der Waals surface area contributed by atoms with Gasteiger partial charge in [-0.2, -0.15) is 0 Å². The number of para-hydroxylation sites is 1. The minimum atomic E-state index is 0.00780. The summed E-state index contributed by atoms with van der Waals surface area (Å²) in [5, 5.41) is 6.45. The first-order valence-corrected chi connectivity index (χ1v) is 7.13. The van der Waals surface area contributed by atoms with Crippen molar-refractivity contribution >= 4 is 17.3 Å². The Kier molecular flexibility index (Phi) is 3.93. The third-order valence-electron chi connectivity index (χ3n) is 3.42. The van der Waals surface area contributed by atoms with Gasteiger partial charge in [0.05, 0.1) is 11.8 Å². The summed E-state index contributed by atoms with van der Waals surface area (Å²) in [4.78, 5) is 12.1. The monoisotopic (exact) mass is 276 g/mol. The molecular weight excluding hydrogens is 252 g/mol. The molecule has 1 aliphatic rings. The first-order valence-electron chi connectivity index (χ1n) is 7.13. The van der Waals surface area contributed by atoms with Crippen molar-refractivity contribution in [3.63, 3.8) is 0 Å². The van der Waals surface area contributed by atoms with Gasteiger partial charge in [-0.1, -0.05) is 26.8 Å². The molecule has 0 radical (unpaired) electrons. The smallest absolute Gasteiger partial charge is 0.226 e. The molecule has 1 unspecified atom stereocenters. The maximum absolute atomic E-state index is 12.1. The molecule has 0 aromatic heterocycles. The van der Waals surface area contributed by atoms with E-state index < -0.39 is 0 Å². The molecule has 0 saturated heterocycles. The molecule has 2 rings (SSSR count). The van der Waals surface area contributed by atoms with Gasteiger partial charge >= 0.3 is 0 Å². The molecule has 0 fully saturated rings. The standard InChI is InChI=1S/C16H24N2O2/c1-10(2)20-12-8-6-7-11-15(12)18-14(19)9-13(17-11)16(3,4)5/h6-8,10,13,17H,9H2,1-5H3,(H,18,19). The highest BCUT2D eigenvalue weighted by atomic mass is 16.5. The van der Waals surface area contributed by atoms with E-state index in [1.807, 2.05) is 32.0 Å². The fraction of sp³-hybridized carbons (Fsp3) is 0.562. The van der Waals surface area contributed by atoms with Crippen molar-refractivity contribution in [3.05, 3.63) is 18.2 Å². The lowest BCUT2D eigenvalue weighted by atomic mass is 9.84. The fourth-order valence-electron chi connectivity index (χ4n) is 2.27. The van der Waals surface area contributed by atoms with E-state index in [4.69, 9.17) is 4.74 Å². The van der Waals surface area contributed by atoms with Crippen molar-refractivity contribution in [1.82, 2.24) is 0 Å². The Balaban J connectivity index is 2.39. The summed E-state index contributed by atoms with van der Waals surface area (Å²) in [6.45, 7) is 10.4. The summed E-state index contributed by atoms with van der Waals surface area (Å²) in [5.41, 5.74) is 1.68. The minimum Gasteiger partial charge on any atom is -0.489 e. The first-order chi connectivity index (χ1) is 9.27. The SMILES string of the molecule is CC(C)Oc1cccc2c1NC(=O)CC(C(C)(C)C)N2. The van der Waals surface area contributed by atoms with E-state index in [0.29, 0.717) is 12.2 Å². The van der Waals surface area contributed by atoms with Crippen LogP contribution in [0.25, 0.3) is 0 Å². The summed E-state index contributed by atoms with van der Waals surface area (Å²) in [6, 6.07) is 5.91. The average molecular weight is 276 g/mol. The lowest BCUT2D eigenvalue weighted by Crippen LogP contribution is -2.35. The Hall–Kier alpha value is -1.71. The number of carbonyl (C=O) groups is 1. The van der Waals surface area contributed by atoms with Crippen LogP contribution in [0.3, 0.4) is 0 Å².